The van der Waals surface area contributed by atoms with Gasteiger partial charge in [0.25, 0.3) is 5.91 Å². The van der Waals surface area contributed by atoms with Gasteiger partial charge in [-0.15, -0.1) is 0 Å². The zero-order chi connectivity index (χ0) is 13.3. The Morgan fingerprint density at radius 2 is 2.11 bits per heavy atom. The van der Waals surface area contributed by atoms with E-state index in [1.165, 1.54) is 6.42 Å². The molecule has 19 heavy (non-hydrogen) atoms. The van der Waals surface area contributed by atoms with Gasteiger partial charge in [0.15, 0.2) is 11.5 Å². The van der Waals surface area contributed by atoms with Gasteiger partial charge in [-0.3, -0.25) is 4.79 Å². The largest absolute Gasteiger partial charge is 0.454 e. The van der Waals surface area contributed by atoms with Crippen molar-refractivity contribution in [3.05, 3.63) is 23.8 Å². The van der Waals surface area contributed by atoms with E-state index in [1.807, 2.05) is 0 Å². The van der Waals surface area contributed by atoms with Crippen molar-refractivity contribution in [3.63, 3.8) is 0 Å². The molecule has 0 spiro atoms. The van der Waals surface area contributed by atoms with Crippen molar-refractivity contribution in [1.82, 2.24) is 5.32 Å². The summed E-state index contributed by atoms with van der Waals surface area (Å²) in [5, 5.41) is 2.97. The minimum atomic E-state index is -0.0852. The number of benzene rings is 1. The third kappa shape index (κ3) is 2.26. The molecule has 0 saturated heterocycles. The summed E-state index contributed by atoms with van der Waals surface area (Å²) in [5.41, 5.74) is 6.49. The maximum absolute atomic E-state index is 12.1. The van der Waals surface area contributed by atoms with Gasteiger partial charge >= 0.3 is 0 Å². The minimum Gasteiger partial charge on any atom is -0.454 e. The normalized spacial score (nSPS) is 18.8. The molecule has 0 unspecified atom stereocenters. The third-order valence-electron chi connectivity index (χ3n) is 4.11. The molecule has 0 aromatic heterocycles. The molecular weight excluding hydrogens is 244 g/mol. The van der Waals surface area contributed by atoms with Crippen LogP contribution in [0, 0.1) is 5.41 Å². The molecule has 1 aromatic carbocycles. The third-order valence-corrected chi connectivity index (χ3v) is 4.11. The molecular formula is C14H18N2O3. The summed E-state index contributed by atoms with van der Waals surface area (Å²) in [4.78, 5) is 12.1. The molecule has 1 aromatic rings. The summed E-state index contributed by atoms with van der Waals surface area (Å²) in [5.74, 6) is 1.23. The van der Waals surface area contributed by atoms with Crippen LogP contribution in [-0.4, -0.2) is 25.8 Å². The summed E-state index contributed by atoms with van der Waals surface area (Å²) in [7, 11) is 0. The fourth-order valence-electron chi connectivity index (χ4n) is 2.54. The number of carbonyl (C=O) groups excluding carboxylic acids is 1. The van der Waals surface area contributed by atoms with E-state index in [0.717, 1.165) is 12.8 Å². The molecule has 1 saturated carbocycles. The highest BCUT2D eigenvalue weighted by Gasteiger charge is 2.35. The second-order valence-electron chi connectivity index (χ2n) is 5.31. The van der Waals surface area contributed by atoms with E-state index in [2.05, 4.69) is 5.32 Å². The minimum absolute atomic E-state index is 0.0852. The summed E-state index contributed by atoms with van der Waals surface area (Å²) >= 11 is 0. The molecule has 5 nitrogen and oxygen atoms in total. The number of hydrogen-bond donors (Lipinski definition) is 2. The summed E-state index contributed by atoms with van der Waals surface area (Å²) in [6.07, 6.45) is 3.41. The highest BCUT2D eigenvalue weighted by atomic mass is 16.7. The fourth-order valence-corrected chi connectivity index (χ4v) is 2.54. The maximum Gasteiger partial charge on any atom is 0.251 e. The molecule has 1 heterocycles. The Labute approximate surface area is 112 Å². The van der Waals surface area contributed by atoms with Gasteiger partial charge in [-0.1, -0.05) is 6.42 Å². The molecule has 2 aliphatic rings. The fraction of sp³-hybridized carbons (Fsp3) is 0.500. The van der Waals surface area contributed by atoms with E-state index in [9.17, 15) is 4.79 Å². The predicted molar refractivity (Wildman–Crippen MR) is 70.2 cm³/mol. The van der Waals surface area contributed by atoms with Gasteiger partial charge in [-0.25, -0.2) is 0 Å². The lowest BCUT2D eigenvalue weighted by atomic mass is 9.69. The average Bonchev–Trinajstić information content (AvgIpc) is 2.84. The quantitative estimate of drug-likeness (QED) is 0.857. The second kappa shape index (κ2) is 4.74. The predicted octanol–water partition coefficient (Wildman–Crippen LogP) is 1.27. The number of carbonyl (C=O) groups is 1. The van der Waals surface area contributed by atoms with E-state index in [0.29, 0.717) is 30.2 Å². The Kier molecular flexibility index (Phi) is 3.06. The van der Waals surface area contributed by atoms with Crippen LogP contribution in [-0.2, 0) is 0 Å². The molecule has 0 bridgehead atoms. The monoisotopic (exact) mass is 262 g/mol. The number of rotatable bonds is 4. The molecule has 5 heteroatoms. The van der Waals surface area contributed by atoms with Gasteiger partial charge in [0, 0.05) is 12.1 Å². The number of amides is 1. The first-order valence-electron chi connectivity index (χ1n) is 6.60. The van der Waals surface area contributed by atoms with Crippen molar-refractivity contribution in [1.29, 1.82) is 0 Å². The molecule has 1 fully saturated rings. The Morgan fingerprint density at radius 3 is 2.79 bits per heavy atom. The topological polar surface area (TPSA) is 73.6 Å². The van der Waals surface area contributed by atoms with Crippen molar-refractivity contribution < 1.29 is 14.3 Å². The zero-order valence-electron chi connectivity index (χ0n) is 10.8. The number of nitrogens with two attached hydrogens (primary N) is 1. The zero-order valence-corrected chi connectivity index (χ0v) is 10.8. The van der Waals surface area contributed by atoms with E-state index in [-0.39, 0.29) is 18.1 Å². The molecule has 102 valence electrons. The molecule has 1 aliphatic heterocycles. The number of nitrogens with one attached hydrogen (secondary N) is 1. The average molecular weight is 262 g/mol. The van der Waals surface area contributed by atoms with Crippen LogP contribution >= 0.6 is 0 Å². The Morgan fingerprint density at radius 1 is 1.32 bits per heavy atom. The van der Waals surface area contributed by atoms with Crippen molar-refractivity contribution in [3.8, 4) is 11.5 Å². The standard InChI is InChI=1S/C14H18N2O3/c15-7-14(4-1-5-14)8-16-13(17)10-2-3-11-12(6-10)19-9-18-11/h2-3,6H,1,4-5,7-9,15H2,(H,16,17). The van der Waals surface area contributed by atoms with Crippen molar-refractivity contribution in [2.24, 2.45) is 11.1 Å². The van der Waals surface area contributed by atoms with Gasteiger partial charge in [-0.2, -0.15) is 0 Å². The summed E-state index contributed by atoms with van der Waals surface area (Å²) in [6.45, 7) is 1.50. The lowest BCUT2D eigenvalue weighted by Crippen LogP contribution is -2.46. The van der Waals surface area contributed by atoms with Crippen LogP contribution in [0.4, 0.5) is 0 Å². The Balaban J connectivity index is 1.64. The van der Waals surface area contributed by atoms with Crippen LogP contribution in [0.2, 0.25) is 0 Å². The van der Waals surface area contributed by atoms with Crippen LogP contribution in [0.3, 0.4) is 0 Å². The highest BCUT2D eigenvalue weighted by Crippen LogP contribution is 2.39. The maximum atomic E-state index is 12.1. The SMILES string of the molecule is NCC1(CNC(=O)c2ccc3c(c2)OCO3)CCC1. The number of fused-ring (bicyclic) bond motifs is 1. The van der Waals surface area contributed by atoms with Crippen molar-refractivity contribution in [2.45, 2.75) is 19.3 Å². The number of ether oxygens (including phenoxy) is 2. The van der Waals surface area contributed by atoms with Crippen LogP contribution in [0.25, 0.3) is 0 Å². The van der Waals surface area contributed by atoms with E-state index in [1.54, 1.807) is 18.2 Å². The first-order valence-corrected chi connectivity index (χ1v) is 6.60. The van der Waals surface area contributed by atoms with E-state index >= 15 is 0 Å². The van der Waals surface area contributed by atoms with Gasteiger partial charge < -0.3 is 20.5 Å². The molecule has 3 rings (SSSR count). The highest BCUT2D eigenvalue weighted by molar-refractivity contribution is 5.94. The van der Waals surface area contributed by atoms with Gasteiger partial charge in [0.2, 0.25) is 6.79 Å². The van der Waals surface area contributed by atoms with Gasteiger partial charge in [0.1, 0.15) is 0 Å². The summed E-state index contributed by atoms with van der Waals surface area (Å²) in [6, 6.07) is 5.23. The summed E-state index contributed by atoms with van der Waals surface area (Å²) < 4.78 is 10.5. The van der Waals surface area contributed by atoms with Gasteiger partial charge in [-0.05, 0) is 43.0 Å². The van der Waals surface area contributed by atoms with Crippen LogP contribution < -0.4 is 20.5 Å². The van der Waals surface area contributed by atoms with Crippen molar-refractivity contribution in [2.75, 3.05) is 19.9 Å². The molecule has 1 aliphatic carbocycles. The lowest BCUT2D eigenvalue weighted by molar-refractivity contribution is 0.0876. The lowest BCUT2D eigenvalue weighted by Gasteiger charge is -2.41. The Bertz CT molecular complexity index is 492. The van der Waals surface area contributed by atoms with E-state index in [4.69, 9.17) is 15.2 Å². The Hall–Kier alpha value is -1.75. The van der Waals surface area contributed by atoms with Crippen LogP contribution in [0.1, 0.15) is 29.6 Å². The first-order chi connectivity index (χ1) is 9.22. The van der Waals surface area contributed by atoms with Crippen LogP contribution in [0.15, 0.2) is 18.2 Å². The molecule has 0 radical (unpaired) electrons. The first kappa shape index (κ1) is 12.3. The number of hydrogen-bond acceptors (Lipinski definition) is 4. The van der Waals surface area contributed by atoms with Crippen LogP contribution in [0.5, 0.6) is 11.5 Å². The second-order valence-corrected chi connectivity index (χ2v) is 5.31. The molecule has 1 amide bonds. The molecule has 0 atom stereocenters. The van der Waals surface area contributed by atoms with E-state index < -0.39 is 0 Å². The smallest absolute Gasteiger partial charge is 0.251 e. The van der Waals surface area contributed by atoms with Crippen molar-refractivity contribution >= 4 is 5.91 Å². The molecule has 3 N–H and O–H groups in total. The van der Waals surface area contributed by atoms with Gasteiger partial charge in [0.05, 0.1) is 0 Å².